The predicted octanol–water partition coefficient (Wildman–Crippen LogP) is -2.56. The average molecular weight is 286 g/mol. The summed E-state index contributed by atoms with van der Waals surface area (Å²) in [5.74, 6) is 0. The van der Waals surface area contributed by atoms with Gasteiger partial charge in [-0.1, -0.05) is 0 Å². The maximum atomic E-state index is 8.48. The Kier molecular flexibility index (Phi) is 10.1. The van der Waals surface area contributed by atoms with Crippen molar-refractivity contribution in [2.24, 2.45) is 0 Å². The van der Waals surface area contributed by atoms with E-state index in [0.717, 1.165) is 27.9 Å². The van der Waals surface area contributed by atoms with Gasteiger partial charge in [-0.3, -0.25) is 0 Å². The first-order valence-corrected chi connectivity index (χ1v) is 5.98. The Bertz CT molecular complexity index is 137. The van der Waals surface area contributed by atoms with Gasteiger partial charge in [-0.2, -0.15) is 0 Å². The van der Waals surface area contributed by atoms with Crippen LogP contribution in [0.1, 0.15) is 0 Å². The number of quaternary nitrogens is 1. The van der Waals surface area contributed by atoms with Crippen LogP contribution in [0.2, 0.25) is 4.20 Å². The zero-order valence-corrected chi connectivity index (χ0v) is 12.3. The zero-order chi connectivity index (χ0) is 12.5. The van der Waals surface area contributed by atoms with Crippen LogP contribution in [0.3, 0.4) is 0 Å². The van der Waals surface area contributed by atoms with Crippen LogP contribution in [0, 0.1) is 0 Å². The van der Waals surface area contributed by atoms with E-state index in [1.807, 2.05) is 0 Å². The van der Waals surface area contributed by atoms with Gasteiger partial charge in [0.2, 0.25) is 0 Å². The summed E-state index contributed by atoms with van der Waals surface area (Å²) >= 11 is 1.16. The van der Waals surface area contributed by atoms with Crippen LogP contribution in [0.15, 0.2) is 0 Å². The van der Waals surface area contributed by atoms with E-state index in [4.69, 9.17) is 20.4 Å². The molecule has 0 saturated carbocycles. The van der Waals surface area contributed by atoms with Gasteiger partial charge in [-0.05, 0) is 0 Å². The molecule has 0 spiro atoms. The maximum absolute atomic E-state index is 8.48. The Morgan fingerprint density at radius 1 is 0.933 bits per heavy atom. The summed E-state index contributed by atoms with van der Waals surface area (Å²) in [5.41, 5.74) is 0. The molecule has 94 valence electrons. The molecule has 4 N–H and O–H groups in total. The SMILES string of the molecule is C[N+](C)(C)CCO.OCC([AsH2])(CO)CO. The molecule has 0 bridgehead atoms. The third-order valence-electron chi connectivity index (χ3n) is 1.72. The summed E-state index contributed by atoms with van der Waals surface area (Å²) in [6.07, 6.45) is 0. The quantitative estimate of drug-likeness (QED) is 0.331. The Morgan fingerprint density at radius 3 is 1.27 bits per heavy atom. The fourth-order valence-electron chi connectivity index (χ4n) is 0.450. The number of likely N-dealkylation sites (N-methyl/N-ethyl adjacent to an activating group) is 1. The molecule has 0 rings (SSSR count). The Hall–Kier alpha value is 0.358. The molecule has 0 aliphatic heterocycles. The third-order valence-corrected chi connectivity index (χ3v) is 2.86. The van der Waals surface area contributed by atoms with Crippen molar-refractivity contribution in [3.8, 4) is 0 Å². The molecular weight excluding hydrogens is 261 g/mol. The first-order chi connectivity index (χ1) is 6.74. The van der Waals surface area contributed by atoms with Gasteiger partial charge in [0.15, 0.2) is 0 Å². The van der Waals surface area contributed by atoms with Gasteiger partial charge < -0.3 is 9.59 Å². The minimum absolute atomic E-state index is 0.153. The van der Waals surface area contributed by atoms with E-state index in [9.17, 15) is 0 Å². The van der Waals surface area contributed by atoms with Crippen molar-refractivity contribution in [3.05, 3.63) is 0 Å². The summed E-state index contributed by atoms with van der Waals surface area (Å²) < 4.78 is 0.198. The van der Waals surface area contributed by atoms with E-state index in [1.165, 1.54) is 0 Å². The van der Waals surface area contributed by atoms with Crippen LogP contribution in [0.5, 0.6) is 0 Å². The molecule has 0 aromatic rings. The molecule has 0 aromatic carbocycles. The third kappa shape index (κ3) is 12.3. The van der Waals surface area contributed by atoms with Gasteiger partial charge in [-0.25, -0.2) is 0 Å². The van der Waals surface area contributed by atoms with Crippen molar-refractivity contribution in [2.45, 2.75) is 4.20 Å². The van der Waals surface area contributed by atoms with Gasteiger partial charge in [-0.15, -0.1) is 0 Å². The predicted molar refractivity (Wildman–Crippen MR) is 62.5 cm³/mol. The molecule has 0 aromatic heterocycles. The second kappa shape index (κ2) is 8.50. The van der Waals surface area contributed by atoms with Crippen molar-refractivity contribution in [3.63, 3.8) is 0 Å². The van der Waals surface area contributed by atoms with E-state index in [1.54, 1.807) is 0 Å². The molecule has 6 heteroatoms. The second-order valence-corrected chi connectivity index (χ2v) is 7.14. The summed E-state index contributed by atoms with van der Waals surface area (Å²) in [6, 6.07) is 0. The summed E-state index contributed by atoms with van der Waals surface area (Å²) in [5, 5.41) is 33.8. The van der Waals surface area contributed by atoms with Gasteiger partial charge in [0.05, 0.1) is 27.7 Å². The fourth-order valence-corrected chi connectivity index (χ4v) is 0.450. The molecule has 15 heavy (non-hydrogen) atoms. The second-order valence-electron chi connectivity index (χ2n) is 4.57. The molecule has 0 heterocycles. The molecule has 1 atom stereocenters. The summed E-state index contributed by atoms with van der Waals surface area (Å²) in [4.78, 5) is 0. The summed E-state index contributed by atoms with van der Waals surface area (Å²) in [7, 11) is 6.16. The standard InChI is InChI=1S/C5H14NO.C4H11AsO3/c1-6(2,3)4-5-7;5-4(1-6,2-7)3-8/h7H,4-5H2,1-3H3;6-8H,1-3,5H2/q+1;. The van der Waals surface area contributed by atoms with Crippen molar-refractivity contribution in [1.82, 2.24) is 0 Å². The molecule has 0 radical (unpaired) electrons. The normalized spacial score (nSPS) is 12.0. The van der Waals surface area contributed by atoms with Crippen molar-refractivity contribution >= 4 is 16.9 Å². The van der Waals surface area contributed by atoms with Crippen LogP contribution in [-0.2, 0) is 0 Å². The van der Waals surface area contributed by atoms with Crippen LogP contribution in [-0.4, -0.2) is 95.9 Å². The number of aliphatic hydroxyl groups excluding tert-OH is 4. The fraction of sp³-hybridized carbons (Fsp3) is 1.00. The van der Waals surface area contributed by atoms with E-state index in [-0.39, 0.29) is 26.4 Å². The van der Waals surface area contributed by atoms with Crippen LogP contribution in [0.25, 0.3) is 0 Å². The van der Waals surface area contributed by atoms with Crippen molar-refractivity contribution < 1.29 is 24.9 Å². The molecule has 0 aliphatic carbocycles. The van der Waals surface area contributed by atoms with E-state index in [2.05, 4.69) is 21.1 Å². The number of nitrogens with zero attached hydrogens (tertiary/aromatic N) is 1. The first-order valence-electron chi connectivity index (χ1n) is 4.77. The molecule has 5 nitrogen and oxygen atoms in total. The van der Waals surface area contributed by atoms with Crippen LogP contribution >= 0.6 is 0 Å². The number of aliphatic hydroxyl groups is 4. The van der Waals surface area contributed by atoms with E-state index < -0.39 is 4.20 Å². The summed E-state index contributed by atoms with van der Waals surface area (Å²) in [6.45, 7) is 0.656. The number of rotatable bonds is 5. The van der Waals surface area contributed by atoms with Crippen molar-refractivity contribution in [2.75, 3.05) is 54.1 Å². The molecule has 0 saturated heterocycles. The van der Waals surface area contributed by atoms with Gasteiger partial charge in [0.1, 0.15) is 6.54 Å². The molecule has 1 unspecified atom stereocenters. The molecule has 0 amide bonds. The van der Waals surface area contributed by atoms with Gasteiger partial charge in [0, 0.05) is 0 Å². The number of hydrogen-bond donors (Lipinski definition) is 4. The van der Waals surface area contributed by atoms with Crippen LogP contribution in [0.4, 0.5) is 0 Å². The Morgan fingerprint density at radius 2 is 1.27 bits per heavy atom. The zero-order valence-electron chi connectivity index (χ0n) is 9.85. The molecular formula is C9H25AsNO4+. The monoisotopic (exact) mass is 286 g/mol. The average Bonchev–Trinajstić information content (AvgIpc) is 2.16. The number of hydrogen-bond acceptors (Lipinski definition) is 4. The van der Waals surface area contributed by atoms with Gasteiger partial charge >= 0.3 is 56.2 Å². The van der Waals surface area contributed by atoms with E-state index in [0.29, 0.717) is 0 Å². The first kappa shape index (κ1) is 17.7. The van der Waals surface area contributed by atoms with Crippen molar-refractivity contribution in [1.29, 1.82) is 0 Å². The molecule has 0 fully saturated rings. The topological polar surface area (TPSA) is 80.9 Å². The Labute approximate surface area is 100 Å². The minimum atomic E-state index is -0.646. The van der Waals surface area contributed by atoms with Crippen LogP contribution < -0.4 is 0 Å². The van der Waals surface area contributed by atoms with Gasteiger partial charge in [0.25, 0.3) is 0 Å². The van der Waals surface area contributed by atoms with E-state index >= 15 is 0 Å². The Balaban J connectivity index is 0. The molecule has 0 aliphatic rings.